The highest BCUT2D eigenvalue weighted by molar-refractivity contribution is 7.07. The highest BCUT2D eigenvalue weighted by atomic mass is 32.1. The van der Waals surface area contributed by atoms with Crippen LogP contribution >= 0.6 is 11.3 Å². The topological polar surface area (TPSA) is 78.4 Å². The number of nitrogens with one attached hydrogen (secondary N) is 2. The van der Waals surface area contributed by atoms with Crippen molar-refractivity contribution in [2.24, 2.45) is 5.92 Å². The van der Waals surface area contributed by atoms with Gasteiger partial charge in [-0.2, -0.15) is 11.3 Å². The summed E-state index contributed by atoms with van der Waals surface area (Å²) in [5, 5.41) is 18.4. The lowest BCUT2D eigenvalue weighted by Crippen LogP contribution is -2.43. The molecule has 0 aliphatic heterocycles. The lowest BCUT2D eigenvalue weighted by molar-refractivity contribution is -0.138. The van der Waals surface area contributed by atoms with Gasteiger partial charge in [0.25, 0.3) is 0 Å². The largest absolute Gasteiger partial charge is 0.481 e. The molecule has 0 fully saturated rings. The molecule has 0 spiro atoms. The van der Waals surface area contributed by atoms with Crippen LogP contribution in [0.4, 0.5) is 4.79 Å². The standard InChI is InChI=1S/C14H22N2O3S/c1-3-11(7-13(17)18)8-15-14(19)16-10(2)6-12-4-5-20-9-12/h4-5,9-11H,3,6-8H2,1-2H3,(H,17,18)(H2,15,16,19). The van der Waals surface area contributed by atoms with E-state index in [4.69, 9.17) is 5.11 Å². The van der Waals surface area contributed by atoms with Crippen LogP contribution in [-0.4, -0.2) is 29.7 Å². The van der Waals surface area contributed by atoms with Gasteiger partial charge in [0.05, 0.1) is 0 Å². The molecule has 2 atom stereocenters. The van der Waals surface area contributed by atoms with Crippen molar-refractivity contribution in [1.82, 2.24) is 10.6 Å². The number of carbonyl (C=O) groups is 2. The van der Waals surface area contributed by atoms with Gasteiger partial charge in [-0.05, 0) is 41.7 Å². The molecule has 6 heteroatoms. The summed E-state index contributed by atoms with van der Waals surface area (Å²) in [5.41, 5.74) is 1.21. The first kappa shape index (κ1) is 16.5. The summed E-state index contributed by atoms with van der Waals surface area (Å²) >= 11 is 1.64. The number of rotatable bonds is 8. The molecule has 0 radical (unpaired) electrons. The lowest BCUT2D eigenvalue weighted by atomic mass is 10.0. The van der Waals surface area contributed by atoms with Crippen LogP contribution in [0.5, 0.6) is 0 Å². The van der Waals surface area contributed by atoms with Crippen molar-refractivity contribution in [3.63, 3.8) is 0 Å². The maximum atomic E-state index is 11.7. The average molecular weight is 298 g/mol. The number of hydrogen-bond donors (Lipinski definition) is 3. The number of thiophene rings is 1. The normalized spacial score (nSPS) is 13.5. The molecular formula is C14H22N2O3S. The summed E-state index contributed by atoms with van der Waals surface area (Å²) in [4.78, 5) is 22.4. The van der Waals surface area contributed by atoms with E-state index in [2.05, 4.69) is 16.0 Å². The first-order valence-electron chi connectivity index (χ1n) is 6.78. The van der Waals surface area contributed by atoms with Gasteiger partial charge in [0.1, 0.15) is 0 Å². The smallest absolute Gasteiger partial charge is 0.315 e. The van der Waals surface area contributed by atoms with Crippen LogP contribution < -0.4 is 10.6 Å². The summed E-state index contributed by atoms with van der Waals surface area (Å²) in [6, 6.07) is 1.85. The van der Waals surface area contributed by atoms with Crippen molar-refractivity contribution < 1.29 is 14.7 Å². The fourth-order valence-electron chi connectivity index (χ4n) is 1.93. The van der Waals surface area contributed by atoms with E-state index in [1.54, 1.807) is 11.3 Å². The molecule has 20 heavy (non-hydrogen) atoms. The number of aliphatic carboxylic acids is 1. The highest BCUT2D eigenvalue weighted by Gasteiger charge is 2.13. The van der Waals surface area contributed by atoms with E-state index >= 15 is 0 Å². The van der Waals surface area contributed by atoms with Crippen LogP contribution in [-0.2, 0) is 11.2 Å². The molecule has 1 aromatic heterocycles. The Balaban J connectivity index is 2.26. The van der Waals surface area contributed by atoms with Gasteiger partial charge in [0.15, 0.2) is 0 Å². The molecule has 0 saturated heterocycles. The van der Waals surface area contributed by atoms with E-state index in [1.807, 2.05) is 25.3 Å². The second-order valence-corrected chi connectivity index (χ2v) is 5.74. The molecule has 5 nitrogen and oxygen atoms in total. The van der Waals surface area contributed by atoms with Crippen LogP contribution in [0.25, 0.3) is 0 Å². The van der Waals surface area contributed by atoms with E-state index in [9.17, 15) is 9.59 Å². The number of carbonyl (C=O) groups excluding carboxylic acids is 1. The molecule has 0 aliphatic carbocycles. The second kappa shape index (κ2) is 8.58. The molecular weight excluding hydrogens is 276 g/mol. The highest BCUT2D eigenvalue weighted by Crippen LogP contribution is 2.09. The molecule has 2 unspecified atom stereocenters. The quantitative estimate of drug-likeness (QED) is 0.690. The Morgan fingerprint density at radius 2 is 2.20 bits per heavy atom. The molecule has 1 rings (SSSR count). The first-order chi connectivity index (χ1) is 9.51. The zero-order valence-corrected chi connectivity index (χ0v) is 12.7. The number of carboxylic acids is 1. The third-order valence-corrected chi connectivity index (χ3v) is 3.82. The molecule has 0 bridgehead atoms. The van der Waals surface area contributed by atoms with Gasteiger partial charge in [0.2, 0.25) is 0 Å². The van der Waals surface area contributed by atoms with E-state index < -0.39 is 5.97 Å². The predicted octanol–water partition coefficient (Wildman–Crippen LogP) is 2.48. The summed E-state index contributed by atoms with van der Waals surface area (Å²) in [7, 11) is 0. The second-order valence-electron chi connectivity index (χ2n) is 4.96. The number of urea groups is 1. The van der Waals surface area contributed by atoms with E-state index in [0.29, 0.717) is 6.54 Å². The Morgan fingerprint density at radius 1 is 1.45 bits per heavy atom. The Kier molecular flexibility index (Phi) is 7.08. The van der Waals surface area contributed by atoms with Gasteiger partial charge in [-0.3, -0.25) is 4.79 Å². The molecule has 0 aliphatic rings. The monoisotopic (exact) mass is 298 g/mol. The maximum absolute atomic E-state index is 11.7. The zero-order chi connectivity index (χ0) is 15.0. The fraction of sp³-hybridized carbons (Fsp3) is 0.571. The Bertz CT molecular complexity index is 420. The zero-order valence-electron chi connectivity index (χ0n) is 11.9. The fourth-order valence-corrected chi connectivity index (χ4v) is 2.61. The summed E-state index contributed by atoms with van der Waals surface area (Å²) in [5.74, 6) is -0.852. The minimum Gasteiger partial charge on any atom is -0.481 e. The maximum Gasteiger partial charge on any atom is 0.315 e. The number of amides is 2. The van der Waals surface area contributed by atoms with Crippen molar-refractivity contribution in [1.29, 1.82) is 0 Å². The first-order valence-corrected chi connectivity index (χ1v) is 7.72. The molecule has 1 aromatic rings. The summed E-state index contributed by atoms with van der Waals surface area (Å²) in [6.07, 6.45) is 1.61. The predicted molar refractivity (Wildman–Crippen MR) is 80.1 cm³/mol. The molecule has 1 heterocycles. The van der Waals surface area contributed by atoms with Crippen LogP contribution in [0, 0.1) is 5.92 Å². The summed E-state index contributed by atoms with van der Waals surface area (Å²) in [6.45, 7) is 4.26. The van der Waals surface area contributed by atoms with Crippen LogP contribution in [0.3, 0.4) is 0 Å². The van der Waals surface area contributed by atoms with Crippen molar-refractivity contribution in [2.75, 3.05) is 6.54 Å². The third kappa shape index (κ3) is 6.56. The number of hydrogen-bond acceptors (Lipinski definition) is 3. The van der Waals surface area contributed by atoms with Gasteiger partial charge >= 0.3 is 12.0 Å². The van der Waals surface area contributed by atoms with Gasteiger partial charge in [-0.25, -0.2) is 4.79 Å². The SMILES string of the molecule is CCC(CNC(=O)NC(C)Cc1ccsc1)CC(=O)O. The number of carboxylic acid groups (broad SMARTS) is 1. The van der Waals surface area contributed by atoms with Gasteiger partial charge in [0, 0.05) is 19.0 Å². The molecule has 3 N–H and O–H groups in total. The Morgan fingerprint density at radius 3 is 2.75 bits per heavy atom. The van der Waals surface area contributed by atoms with Crippen molar-refractivity contribution in [2.45, 2.75) is 39.2 Å². The lowest BCUT2D eigenvalue weighted by Gasteiger charge is -2.17. The van der Waals surface area contributed by atoms with Crippen molar-refractivity contribution in [3.05, 3.63) is 22.4 Å². The average Bonchev–Trinajstić information content (AvgIpc) is 2.86. The Hall–Kier alpha value is -1.56. The van der Waals surface area contributed by atoms with Crippen molar-refractivity contribution in [3.8, 4) is 0 Å². The molecule has 0 aromatic carbocycles. The molecule has 2 amide bonds. The van der Waals surface area contributed by atoms with Crippen LogP contribution in [0.1, 0.15) is 32.3 Å². The van der Waals surface area contributed by atoms with E-state index in [0.717, 1.165) is 12.8 Å². The van der Waals surface area contributed by atoms with Gasteiger partial charge < -0.3 is 15.7 Å². The Labute approximate surface area is 123 Å². The van der Waals surface area contributed by atoms with E-state index in [1.165, 1.54) is 5.56 Å². The van der Waals surface area contributed by atoms with Gasteiger partial charge in [-0.1, -0.05) is 13.3 Å². The molecule has 112 valence electrons. The third-order valence-electron chi connectivity index (χ3n) is 3.09. The minimum absolute atomic E-state index is 0.0228. The van der Waals surface area contributed by atoms with Gasteiger partial charge in [-0.15, -0.1) is 0 Å². The van der Waals surface area contributed by atoms with Crippen molar-refractivity contribution >= 4 is 23.3 Å². The minimum atomic E-state index is -0.829. The van der Waals surface area contributed by atoms with Crippen LogP contribution in [0.2, 0.25) is 0 Å². The summed E-state index contributed by atoms with van der Waals surface area (Å²) < 4.78 is 0. The van der Waals surface area contributed by atoms with E-state index in [-0.39, 0.29) is 24.4 Å². The molecule has 0 saturated carbocycles. The van der Waals surface area contributed by atoms with Crippen LogP contribution in [0.15, 0.2) is 16.8 Å².